The number of aliphatic hydroxyl groups excluding tert-OH is 1. The zero-order valence-electron chi connectivity index (χ0n) is 14.6. The fourth-order valence-electron chi connectivity index (χ4n) is 6.83. The third-order valence-electron chi connectivity index (χ3n) is 8.20. The van der Waals surface area contributed by atoms with E-state index >= 15 is 0 Å². The molecule has 4 aliphatic rings. The zero-order valence-corrected chi connectivity index (χ0v) is 14.6. The molecule has 0 aromatic rings. The van der Waals surface area contributed by atoms with E-state index < -0.39 is 0 Å². The van der Waals surface area contributed by atoms with Gasteiger partial charge in [-0.25, -0.2) is 0 Å². The van der Waals surface area contributed by atoms with Crippen molar-refractivity contribution in [3.8, 4) is 0 Å². The van der Waals surface area contributed by atoms with Gasteiger partial charge in [0.1, 0.15) is 0 Å². The van der Waals surface area contributed by atoms with Crippen molar-refractivity contribution >= 4 is 0 Å². The highest BCUT2D eigenvalue weighted by Crippen LogP contribution is 2.65. The molecule has 122 valence electrons. The molecule has 0 aliphatic heterocycles. The largest absolute Gasteiger partial charge is 0.393 e. The van der Waals surface area contributed by atoms with E-state index in [0.717, 1.165) is 30.6 Å². The van der Waals surface area contributed by atoms with Gasteiger partial charge in [-0.15, -0.1) is 0 Å². The summed E-state index contributed by atoms with van der Waals surface area (Å²) in [5.74, 6) is 2.43. The van der Waals surface area contributed by atoms with Crippen LogP contribution in [-0.2, 0) is 0 Å². The molecule has 0 spiro atoms. The maximum absolute atomic E-state index is 10.1. The monoisotopic (exact) mass is 300 g/mol. The Balaban J connectivity index is 1.71. The van der Waals surface area contributed by atoms with Crippen LogP contribution in [-0.4, -0.2) is 11.2 Å². The van der Waals surface area contributed by atoms with Crippen molar-refractivity contribution in [2.24, 2.45) is 28.6 Å². The van der Waals surface area contributed by atoms with Crippen LogP contribution >= 0.6 is 0 Å². The molecule has 0 aromatic carbocycles. The molecule has 4 rings (SSSR count). The predicted molar refractivity (Wildman–Crippen MR) is 91.5 cm³/mol. The van der Waals surface area contributed by atoms with Crippen LogP contribution < -0.4 is 0 Å². The fourth-order valence-corrected chi connectivity index (χ4v) is 6.83. The summed E-state index contributed by atoms with van der Waals surface area (Å²) < 4.78 is 0. The lowest BCUT2D eigenvalue weighted by atomic mass is 9.49. The minimum absolute atomic E-state index is 0.0369. The van der Waals surface area contributed by atoms with Crippen LogP contribution in [0.5, 0.6) is 0 Å². The number of allylic oxidation sites excluding steroid dienone is 4. The van der Waals surface area contributed by atoms with Crippen molar-refractivity contribution in [3.05, 3.63) is 23.3 Å². The smallest absolute Gasteiger partial charge is 0.0543 e. The van der Waals surface area contributed by atoms with Gasteiger partial charge >= 0.3 is 0 Å². The Morgan fingerprint density at radius 2 is 1.95 bits per heavy atom. The lowest BCUT2D eigenvalue weighted by Crippen LogP contribution is -2.47. The first kappa shape index (κ1) is 15.0. The van der Waals surface area contributed by atoms with E-state index in [1.165, 1.54) is 38.5 Å². The molecule has 1 unspecified atom stereocenters. The Morgan fingerprint density at radius 3 is 2.73 bits per heavy atom. The van der Waals surface area contributed by atoms with Crippen molar-refractivity contribution in [2.75, 3.05) is 0 Å². The van der Waals surface area contributed by atoms with Gasteiger partial charge < -0.3 is 5.11 Å². The van der Waals surface area contributed by atoms with E-state index in [0.29, 0.717) is 10.8 Å². The molecule has 0 heterocycles. The van der Waals surface area contributed by atoms with E-state index in [-0.39, 0.29) is 6.10 Å². The van der Waals surface area contributed by atoms with E-state index in [4.69, 9.17) is 0 Å². The molecule has 0 bridgehead atoms. The topological polar surface area (TPSA) is 20.2 Å². The zero-order chi connectivity index (χ0) is 15.5. The molecule has 1 nitrogen and oxygen atoms in total. The Morgan fingerprint density at radius 1 is 1.14 bits per heavy atom. The molecule has 3 saturated carbocycles. The van der Waals surface area contributed by atoms with E-state index in [9.17, 15) is 5.11 Å². The Bertz CT molecular complexity index is 530. The third kappa shape index (κ3) is 1.87. The molecule has 4 aliphatic carbocycles. The molecule has 0 radical (unpaired) electrons. The first-order valence-electron chi connectivity index (χ1n) is 9.53. The summed E-state index contributed by atoms with van der Waals surface area (Å²) in [5.41, 5.74) is 4.36. The quantitative estimate of drug-likeness (QED) is 0.605. The SMILES string of the molecule is C/C=C1/CC[C@H]2[C@@H]3CCC4C[C@H](O)CC[C@]4(C)C3=CC[C@]12C. The van der Waals surface area contributed by atoms with Crippen molar-refractivity contribution in [3.63, 3.8) is 0 Å². The number of hydrogen-bond acceptors (Lipinski definition) is 1. The number of rotatable bonds is 0. The van der Waals surface area contributed by atoms with Gasteiger partial charge in [0.15, 0.2) is 0 Å². The standard InChI is InChI=1S/C21H32O/c1-4-14-6-8-18-17-7-5-15-13-16(22)9-11-21(15,3)19(17)10-12-20(14,18)2/h4,10,15-18,22H,5-9,11-13H2,1-3H3/b14-4-/t15?,16-,17+,18+,20-,21+/m1/s1. The number of fused-ring (bicyclic) bond motifs is 5. The molecule has 0 saturated heterocycles. The first-order chi connectivity index (χ1) is 10.5. The maximum Gasteiger partial charge on any atom is 0.0543 e. The van der Waals surface area contributed by atoms with Crippen LogP contribution in [0.1, 0.15) is 72.1 Å². The fraction of sp³-hybridized carbons (Fsp3) is 0.810. The average molecular weight is 300 g/mol. The highest BCUT2D eigenvalue weighted by Gasteiger charge is 2.55. The highest BCUT2D eigenvalue weighted by molar-refractivity contribution is 5.34. The van der Waals surface area contributed by atoms with Gasteiger partial charge in [-0.2, -0.15) is 0 Å². The van der Waals surface area contributed by atoms with Crippen LogP contribution in [0.4, 0.5) is 0 Å². The second kappa shape index (κ2) is 4.97. The van der Waals surface area contributed by atoms with Crippen molar-refractivity contribution in [1.29, 1.82) is 0 Å². The third-order valence-corrected chi connectivity index (χ3v) is 8.20. The van der Waals surface area contributed by atoms with Gasteiger partial charge in [-0.3, -0.25) is 0 Å². The Kier molecular flexibility index (Phi) is 3.39. The van der Waals surface area contributed by atoms with Crippen LogP contribution in [0.3, 0.4) is 0 Å². The lowest BCUT2D eigenvalue weighted by Gasteiger charge is -2.56. The maximum atomic E-state index is 10.1. The average Bonchev–Trinajstić information content (AvgIpc) is 2.84. The van der Waals surface area contributed by atoms with E-state index in [2.05, 4.69) is 32.9 Å². The minimum atomic E-state index is -0.0369. The van der Waals surface area contributed by atoms with Gasteiger partial charge in [0, 0.05) is 0 Å². The normalized spacial score (nSPS) is 52.7. The second-order valence-corrected chi connectivity index (χ2v) is 8.97. The van der Waals surface area contributed by atoms with Crippen molar-refractivity contribution in [2.45, 2.75) is 78.2 Å². The molecule has 3 fully saturated rings. The number of aliphatic hydroxyl groups is 1. The van der Waals surface area contributed by atoms with Crippen molar-refractivity contribution < 1.29 is 5.11 Å². The van der Waals surface area contributed by atoms with Crippen molar-refractivity contribution in [1.82, 2.24) is 0 Å². The molecular weight excluding hydrogens is 268 g/mol. The van der Waals surface area contributed by atoms with Crippen LogP contribution in [0.25, 0.3) is 0 Å². The molecule has 22 heavy (non-hydrogen) atoms. The molecular formula is C21H32O. The molecule has 1 heteroatoms. The summed E-state index contributed by atoms with van der Waals surface area (Å²) >= 11 is 0. The summed E-state index contributed by atoms with van der Waals surface area (Å²) in [6.45, 7) is 7.30. The highest BCUT2D eigenvalue weighted by atomic mass is 16.3. The van der Waals surface area contributed by atoms with Crippen LogP contribution in [0, 0.1) is 28.6 Å². The molecule has 6 atom stereocenters. The van der Waals surface area contributed by atoms with E-state index in [1.807, 2.05) is 0 Å². The van der Waals surface area contributed by atoms with E-state index in [1.54, 1.807) is 11.1 Å². The summed E-state index contributed by atoms with van der Waals surface area (Å²) in [6.07, 6.45) is 15.0. The van der Waals surface area contributed by atoms with Crippen LogP contribution in [0.15, 0.2) is 23.3 Å². The van der Waals surface area contributed by atoms with Gasteiger partial charge in [0.25, 0.3) is 0 Å². The molecule has 1 N–H and O–H groups in total. The minimum Gasteiger partial charge on any atom is -0.393 e. The van der Waals surface area contributed by atoms with Crippen LogP contribution in [0.2, 0.25) is 0 Å². The summed E-state index contributed by atoms with van der Waals surface area (Å²) in [7, 11) is 0. The molecule has 0 aromatic heterocycles. The van der Waals surface area contributed by atoms with Gasteiger partial charge in [0.2, 0.25) is 0 Å². The Labute approximate surface area is 135 Å². The van der Waals surface area contributed by atoms with Gasteiger partial charge in [0.05, 0.1) is 6.10 Å². The summed E-state index contributed by atoms with van der Waals surface area (Å²) in [5, 5.41) is 10.1. The molecule has 0 amide bonds. The number of hydrogen-bond donors (Lipinski definition) is 1. The Hall–Kier alpha value is -0.560. The summed E-state index contributed by atoms with van der Waals surface area (Å²) in [6, 6.07) is 0. The van der Waals surface area contributed by atoms with Gasteiger partial charge in [-0.05, 0) is 86.9 Å². The summed E-state index contributed by atoms with van der Waals surface area (Å²) in [4.78, 5) is 0. The van der Waals surface area contributed by atoms with Gasteiger partial charge in [-0.1, -0.05) is 37.1 Å². The first-order valence-corrected chi connectivity index (χ1v) is 9.53. The predicted octanol–water partition coefficient (Wildman–Crippen LogP) is 5.26. The second-order valence-electron chi connectivity index (χ2n) is 8.97. The lowest BCUT2D eigenvalue weighted by molar-refractivity contribution is -0.00472.